The highest BCUT2D eigenvalue weighted by atomic mass is 32.2. The average Bonchev–Trinajstić information content (AvgIpc) is 3.03. The van der Waals surface area contributed by atoms with Crippen LogP contribution in [0, 0.1) is 0 Å². The minimum Gasteiger partial charge on any atom is -0.354 e. The van der Waals surface area contributed by atoms with Crippen molar-refractivity contribution >= 4 is 23.7 Å². The van der Waals surface area contributed by atoms with Gasteiger partial charge in [-0.1, -0.05) is 0 Å². The Kier molecular flexibility index (Phi) is 4.44. The second kappa shape index (κ2) is 6.66. The third-order valence-corrected chi connectivity index (χ3v) is 3.85. The van der Waals surface area contributed by atoms with Crippen molar-refractivity contribution in [2.24, 2.45) is 0 Å². The van der Waals surface area contributed by atoms with Crippen LogP contribution in [0.5, 0.6) is 0 Å². The Bertz CT molecular complexity index is 586. The van der Waals surface area contributed by atoms with Crippen molar-refractivity contribution in [3.8, 4) is 0 Å². The molecule has 1 fully saturated rings. The normalized spacial score (nSPS) is 14.4. The number of hydrogen-bond acceptors (Lipinski definition) is 8. The van der Waals surface area contributed by atoms with Crippen LogP contribution in [0.4, 0.5) is 11.9 Å². The molecule has 0 amide bonds. The summed E-state index contributed by atoms with van der Waals surface area (Å²) >= 11 is 1.40. The highest BCUT2D eigenvalue weighted by Gasteiger charge is 2.17. The molecular weight excluding hydrogens is 286 g/mol. The van der Waals surface area contributed by atoms with Crippen LogP contribution in [-0.4, -0.2) is 44.6 Å². The number of anilines is 2. The lowest BCUT2D eigenvalue weighted by Crippen LogP contribution is -2.21. The van der Waals surface area contributed by atoms with Gasteiger partial charge in [0.15, 0.2) is 0 Å². The standard InChI is InChI=1S/C13H17N7S/c1-2-15-11-17-12(20-7-3-4-8-20)19-13(18-11)21-10-9-14-5-6-16-10/h5-6,9H,2-4,7-8H2,1H3,(H,15,17,18,19). The summed E-state index contributed by atoms with van der Waals surface area (Å²) < 4.78 is 0. The Labute approximate surface area is 127 Å². The van der Waals surface area contributed by atoms with Gasteiger partial charge in [0.25, 0.3) is 0 Å². The predicted molar refractivity (Wildman–Crippen MR) is 81.6 cm³/mol. The quantitative estimate of drug-likeness (QED) is 0.896. The molecule has 3 rings (SSSR count). The Morgan fingerprint density at radius 1 is 1.19 bits per heavy atom. The summed E-state index contributed by atoms with van der Waals surface area (Å²) in [7, 11) is 0. The van der Waals surface area contributed by atoms with Gasteiger partial charge < -0.3 is 10.2 Å². The lowest BCUT2D eigenvalue weighted by atomic mass is 10.4. The minimum atomic E-state index is 0.612. The van der Waals surface area contributed by atoms with Gasteiger partial charge in [0.1, 0.15) is 5.03 Å². The van der Waals surface area contributed by atoms with Gasteiger partial charge >= 0.3 is 0 Å². The van der Waals surface area contributed by atoms with E-state index in [1.807, 2.05) is 6.92 Å². The number of rotatable bonds is 5. The number of nitrogens with one attached hydrogen (secondary N) is 1. The van der Waals surface area contributed by atoms with Gasteiger partial charge in [-0.2, -0.15) is 15.0 Å². The van der Waals surface area contributed by atoms with Crippen LogP contribution < -0.4 is 10.2 Å². The van der Waals surface area contributed by atoms with Crippen molar-refractivity contribution in [3.63, 3.8) is 0 Å². The molecule has 1 saturated heterocycles. The summed E-state index contributed by atoms with van der Waals surface area (Å²) in [5.74, 6) is 1.35. The zero-order valence-electron chi connectivity index (χ0n) is 11.9. The number of hydrogen-bond donors (Lipinski definition) is 1. The maximum atomic E-state index is 4.55. The lowest BCUT2D eigenvalue weighted by Gasteiger charge is -2.16. The zero-order valence-corrected chi connectivity index (χ0v) is 12.7. The summed E-state index contributed by atoms with van der Waals surface area (Å²) in [6, 6.07) is 0. The largest absolute Gasteiger partial charge is 0.354 e. The highest BCUT2D eigenvalue weighted by molar-refractivity contribution is 7.99. The summed E-state index contributed by atoms with van der Waals surface area (Å²) in [6.07, 6.45) is 7.40. The maximum Gasteiger partial charge on any atom is 0.231 e. The monoisotopic (exact) mass is 303 g/mol. The van der Waals surface area contributed by atoms with Gasteiger partial charge in [-0.05, 0) is 31.5 Å². The van der Waals surface area contributed by atoms with Gasteiger partial charge in [-0.3, -0.25) is 4.98 Å². The van der Waals surface area contributed by atoms with Crippen molar-refractivity contribution in [1.82, 2.24) is 24.9 Å². The first-order valence-corrected chi connectivity index (χ1v) is 7.85. The summed E-state index contributed by atoms with van der Waals surface area (Å²) in [4.78, 5) is 24.0. The van der Waals surface area contributed by atoms with Crippen LogP contribution in [0.15, 0.2) is 28.8 Å². The molecule has 3 heterocycles. The molecule has 0 saturated carbocycles. The summed E-state index contributed by atoms with van der Waals surface area (Å²) in [5, 5.41) is 4.58. The fourth-order valence-electron chi connectivity index (χ4n) is 2.12. The van der Waals surface area contributed by atoms with E-state index in [2.05, 4.69) is 35.1 Å². The molecule has 8 heteroatoms. The predicted octanol–water partition coefficient (Wildman–Crippen LogP) is 1.84. The first kappa shape index (κ1) is 14.0. The summed E-state index contributed by atoms with van der Waals surface area (Å²) in [6.45, 7) is 4.81. The average molecular weight is 303 g/mol. The lowest BCUT2D eigenvalue weighted by molar-refractivity contribution is 0.825. The van der Waals surface area contributed by atoms with E-state index >= 15 is 0 Å². The van der Waals surface area contributed by atoms with Gasteiger partial charge in [0.05, 0.1) is 6.20 Å². The zero-order chi connectivity index (χ0) is 14.5. The van der Waals surface area contributed by atoms with Crippen molar-refractivity contribution in [1.29, 1.82) is 0 Å². The first-order chi connectivity index (χ1) is 10.3. The SMILES string of the molecule is CCNc1nc(Sc2cnccn2)nc(N2CCCC2)n1. The Balaban J connectivity index is 1.87. The number of aromatic nitrogens is 5. The van der Waals surface area contributed by atoms with Crippen molar-refractivity contribution in [3.05, 3.63) is 18.6 Å². The van der Waals surface area contributed by atoms with E-state index in [4.69, 9.17) is 0 Å². The van der Waals surface area contributed by atoms with E-state index in [0.717, 1.165) is 30.6 Å². The molecule has 0 aliphatic carbocycles. The molecule has 0 bridgehead atoms. The first-order valence-electron chi connectivity index (χ1n) is 7.04. The Morgan fingerprint density at radius 2 is 2.05 bits per heavy atom. The molecule has 21 heavy (non-hydrogen) atoms. The fraction of sp³-hybridized carbons (Fsp3) is 0.462. The maximum absolute atomic E-state index is 4.55. The fourth-order valence-corrected chi connectivity index (χ4v) is 2.79. The second-order valence-electron chi connectivity index (χ2n) is 4.61. The van der Waals surface area contributed by atoms with Crippen molar-refractivity contribution in [2.45, 2.75) is 29.9 Å². The van der Waals surface area contributed by atoms with Gasteiger partial charge in [0.2, 0.25) is 17.1 Å². The third kappa shape index (κ3) is 3.57. The highest BCUT2D eigenvalue weighted by Crippen LogP contribution is 2.25. The molecule has 0 unspecified atom stereocenters. The van der Waals surface area contributed by atoms with E-state index in [-0.39, 0.29) is 0 Å². The topological polar surface area (TPSA) is 79.7 Å². The van der Waals surface area contributed by atoms with Crippen molar-refractivity contribution < 1.29 is 0 Å². The molecule has 0 atom stereocenters. The molecule has 7 nitrogen and oxygen atoms in total. The number of nitrogens with zero attached hydrogens (tertiary/aromatic N) is 6. The van der Waals surface area contributed by atoms with E-state index < -0.39 is 0 Å². The Morgan fingerprint density at radius 3 is 2.76 bits per heavy atom. The molecule has 0 spiro atoms. The molecule has 1 aliphatic rings. The van der Waals surface area contributed by atoms with Crippen LogP contribution in [0.2, 0.25) is 0 Å². The van der Waals surface area contributed by atoms with Crippen LogP contribution in [0.1, 0.15) is 19.8 Å². The molecule has 0 radical (unpaired) electrons. The molecule has 1 N–H and O–H groups in total. The van der Waals surface area contributed by atoms with E-state index in [0.29, 0.717) is 11.1 Å². The molecule has 110 valence electrons. The molecule has 1 aliphatic heterocycles. The summed E-state index contributed by atoms with van der Waals surface area (Å²) in [5.41, 5.74) is 0. The van der Waals surface area contributed by atoms with Gasteiger partial charge in [-0.25, -0.2) is 4.98 Å². The second-order valence-corrected chi connectivity index (χ2v) is 5.60. The third-order valence-electron chi connectivity index (χ3n) is 3.06. The van der Waals surface area contributed by atoms with Crippen LogP contribution >= 0.6 is 11.8 Å². The van der Waals surface area contributed by atoms with Crippen LogP contribution in [0.3, 0.4) is 0 Å². The molecule has 2 aromatic heterocycles. The van der Waals surface area contributed by atoms with Crippen molar-refractivity contribution in [2.75, 3.05) is 29.9 Å². The van der Waals surface area contributed by atoms with E-state index in [9.17, 15) is 0 Å². The van der Waals surface area contributed by atoms with E-state index in [1.54, 1.807) is 18.6 Å². The van der Waals surface area contributed by atoms with Gasteiger partial charge in [0, 0.05) is 32.0 Å². The Hall–Kier alpha value is -1.96. The van der Waals surface area contributed by atoms with Crippen LogP contribution in [0.25, 0.3) is 0 Å². The smallest absolute Gasteiger partial charge is 0.231 e. The van der Waals surface area contributed by atoms with Crippen LogP contribution in [-0.2, 0) is 0 Å². The van der Waals surface area contributed by atoms with E-state index in [1.165, 1.54) is 24.6 Å². The molecule has 2 aromatic rings. The van der Waals surface area contributed by atoms with Gasteiger partial charge in [-0.15, -0.1) is 0 Å². The minimum absolute atomic E-state index is 0.612. The molecule has 0 aromatic carbocycles. The molecular formula is C13H17N7S.